The number of nitriles is 1. The molecule has 5 nitrogen and oxygen atoms in total. The van der Waals surface area contributed by atoms with Crippen molar-refractivity contribution < 1.29 is 18.3 Å². The van der Waals surface area contributed by atoms with Gasteiger partial charge in [0.15, 0.2) is 0 Å². The molecule has 19 heavy (non-hydrogen) atoms. The van der Waals surface area contributed by atoms with Gasteiger partial charge >= 0.3 is 5.97 Å². The van der Waals surface area contributed by atoms with E-state index in [4.69, 9.17) is 10.4 Å². The summed E-state index contributed by atoms with van der Waals surface area (Å²) in [6.45, 7) is 0. The van der Waals surface area contributed by atoms with E-state index in [1.807, 2.05) is 0 Å². The largest absolute Gasteiger partial charge is 0.481 e. The molecule has 0 atom stereocenters. The minimum Gasteiger partial charge on any atom is -0.481 e. The minimum absolute atomic E-state index is 0.0453. The summed E-state index contributed by atoms with van der Waals surface area (Å²) in [4.78, 5) is 11.2. The van der Waals surface area contributed by atoms with Crippen LogP contribution in [-0.4, -0.2) is 19.5 Å². The van der Waals surface area contributed by atoms with Crippen molar-refractivity contribution in [3.63, 3.8) is 0 Å². The number of hydrogen-bond donors (Lipinski definition) is 1. The highest BCUT2D eigenvalue weighted by Gasteiger charge is 2.51. The Balaban J connectivity index is 2.33. The van der Waals surface area contributed by atoms with Crippen molar-refractivity contribution in [2.45, 2.75) is 23.2 Å². The molecule has 0 saturated heterocycles. The highest BCUT2D eigenvalue weighted by atomic mass is 32.2. The Labute approximate surface area is 110 Å². The summed E-state index contributed by atoms with van der Waals surface area (Å²) < 4.78 is 23.5. The molecule has 0 unspecified atom stereocenters. The third-order valence-corrected chi connectivity index (χ3v) is 4.64. The Morgan fingerprint density at radius 2 is 1.89 bits per heavy atom. The molecular weight excluding hydrogens is 266 g/mol. The van der Waals surface area contributed by atoms with Crippen molar-refractivity contribution in [2.75, 3.05) is 0 Å². The van der Waals surface area contributed by atoms with Crippen LogP contribution < -0.4 is 0 Å². The number of allylic oxidation sites excluding steroid dienone is 1. The molecule has 1 aliphatic carbocycles. The summed E-state index contributed by atoms with van der Waals surface area (Å²) in [5.74, 6) is -0.882. The molecule has 6 heteroatoms. The van der Waals surface area contributed by atoms with Crippen molar-refractivity contribution in [3.05, 3.63) is 41.3 Å². The van der Waals surface area contributed by atoms with Crippen LogP contribution >= 0.6 is 0 Å². The van der Waals surface area contributed by atoms with E-state index in [-0.39, 0.29) is 4.90 Å². The Bertz CT molecular complexity index is 676. The maximum absolute atomic E-state index is 11.7. The van der Waals surface area contributed by atoms with Gasteiger partial charge in [0.05, 0.1) is 16.4 Å². The van der Waals surface area contributed by atoms with Gasteiger partial charge in [-0.15, -0.1) is 0 Å². The number of carbonyl (C=O) groups is 1. The molecule has 0 radical (unpaired) electrons. The fourth-order valence-corrected chi connectivity index (χ4v) is 2.83. The fourth-order valence-electron chi connectivity index (χ4n) is 1.91. The Kier molecular flexibility index (Phi) is 3.16. The first-order valence-corrected chi connectivity index (χ1v) is 7.12. The van der Waals surface area contributed by atoms with E-state index >= 15 is 0 Å². The zero-order valence-electron chi connectivity index (χ0n) is 9.91. The van der Waals surface area contributed by atoms with Gasteiger partial charge in [0, 0.05) is 11.5 Å². The SMILES string of the molecule is N#CC=CS(=O)(=O)c1ccc(C2(C(=O)O)CC2)cc1. The number of carboxylic acids is 1. The second kappa shape index (κ2) is 4.52. The summed E-state index contributed by atoms with van der Waals surface area (Å²) in [7, 11) is -3.64. The van der Waals surface area contributed by atoms with E-state index in [2.05, 4.69) is 0 Å². The fraction of sp³-hybridized carbons (Fsp3) is 0.231. The first-order chi connectivity index (χ1) is 8.92. The van der Waals surface area contributed by atoms with Gasteiger partial charge in [0.25, 0.3) is 0 Å². The van der Waals surface area contributed by atoms with Crippen LogP contribution in [0.3, 0.4) is 0 Å². The Hall–Kier alpha value is -2.13. The molecule has 1 aromatic rings. The lowest BCUT2D eigenvalue weighted by atomic mass is 9.96. The predicted octanol–water partition coefficient (Wildman–Crippen LogP) is 1.61. The highest BCUT2D eigenvalue weighted by molar-refractivity contribution is 7.94. The number of aliphatic carboxylic acids is 1. The average Bonchev–Trinajstić information content (AvgIpc) is 3.18. The summed E-state index contributed by atoms with van der Waals surface area (Å²) in [6, 6.07) is 7.40. The monoisotopic (exact) mass is 277 g/mol. The number of sulfone groups is 1. The van der Waals surface area contributed by atoms with Gasteiger partial charge in [-0.05, 0) is 30.5 Å². The van der Waals surface area contributed by atoms with Gasteiger partial charge < -0.3 is 5.11 Å². The zero-order chi connectivity index (χ0) is 14.1. The predicted molar refractivity (Wildman–Crippen MR) is 66.9 cm³/mol. The molecule has 1 N–H and O–H groups in total. The maximum atomic E-state index is 11.7. The maximum Gasteiger partial charge on any atom is 0.314 e. The van der Waals surface area contributed by atoms with Crippen LogP contribution in [0.15, 0.2) is 40.6 Å². The van der Waals surface area contributed by atoms with Crippen LogP contribution in [0.4, 0.5) is 0 Å². The second-order valence-corrected chi connectivity index (χ2v) is 6.22. The quantitative estimate of drug-likeness (QED) is 0.843. The summed E-state index contributed by atoms with van der Waals surface area (Å²) >= 11 is 0. The summed E-state index contributed by atoms with van der Waals surface area (Å²) in [5, 5.41) is 18.3. The van der Waals surface area contributed by atoms with E-state index in [0.29, 0.717) is 18.4 Å². The molecule has 2 rings (SSSR count). The van der Waals surface area contributed by atoms with Crippen LogP contribution in [0.25, 0.3) is 0 Å². The second-order valence-electron chi connectivity index (χ2n) is 4.39. The molecule has 1 saturated carbocycles. The van der Waals surface area contributed by atoms with Crippen molar-refractivity contribution in [2.24, 2.45) is 0 Å². The van der Waals surface area contributed by atoms with Crippen LogP contribution in [0.1, 0.15) is 18.4 Å². The number of carboxylic acid groups (broad SMARTS) is 1. The molecule has 0 spiro atoms. The molecule has 0 bridgehead atoms. The van der Waals surface area contributed by atoms with E-state index in [1.165, 1.54) is 24.3 Å². The molecular formula is C13H11NO4S. The first kappa shape index (κ1) is 13.3. The number of rotatable bonds is 4. The lowest BCUT2D eigenvalue weighted by Gasteiger charge is -2.10. The minimum atomic E-state index is -3.64. The van der Waals surface area contributed by atoms with Crippen LogP contribution in [0.2, 0.25) is 0 Å². The lowest BCUT2D eigenvalue weighted by molar-refractivity contribution is -0.140. The van der Waals surface area contributed by atoms with Gasteiger partial charge in [0.2, 0.25) is 9.84 Å². The van der Waals surface area contributed by atoms with Crippen LogP contribution in [0, 0.1) is 11.3 Å². The van der Waals surface area contributed by atoms with Crippen molar-refractivity contribution in [3.8, 4) is 6.07 Å². The third-order valence-electron chi connectivity index (χ3n) is 3.22. The highest BCUT2D eigenvalue weighted by Crippen LogP contribution is 2.48. The van der Waals surface area contributed by atoms with Gasteiger partial charge in [0.1, 0.15) is 0 Å². The molecule has 1 fully saturated rings. The normalized spacial score (nSPS) is 17.0. The molecule has 1 aliphatic rings. The number of benzene rings is 1. The molecule has 1 aromatic carbocycles. The van der Waals surface area contributed by atoms with Crippen molar-refractivity contribution in [1.82, 2.24) is 0 Å². The Morgan fingerprint density at radius 1 is 1.32 bits per heavy atom. The topological polar surface area (TPSA) is 95.2 Å². The van der Waals surface area contributed by atoms with Gasteiger partial charge in [-0.3, -0.25) is 4.79 Å². The van der Waals surface area contributed by atoms with Gasteiger partial charge in [-0.2, -0.15) is 5.26 Å². The molecule has 98 valence electrons. The summed E-state index contributed by atoms with van der Waals surface area (Å²) in [5.41, 5.74) is -0.228. The van der Waals surface area contributed by atoms with Gasteiger partial charge in [-0.1, -0.05) is 12.1 Å². The molecule has 0 amide bonds. The van der Waals surface area contributed by atoms with E-state index in [0.717, 1.165) is 11.5 Å². The standard InChI is InChI=1S/C13H11NO4S/c14-8-1-9-19(17,18)11-4-2-10(3-5-11)13(6-7-13)12(15)16/h1-5,9H,6-7H2,(H,15,16). The summed E-state index contributed by atoms with van der Waals surface area (Å²) in [6.07, 6.45) is 2.04. The van der Waals surface area contributed by atoms with E-state index in [1.54, 1.807) is 6.07 Å². The molecule has 0 aromatic heterocycles. The van der Waals surface area contributed by atoms with Crippen molar-refractivity contribution >= 4 is 15.8 Å². The Morgan fingerprint density at radius 3 is 2.32 bits per heavy atom. The average molecular weight is 277 g/mol. The van der Waals surface area contributed by atoms with E-state index in [9.17, 15) is 13.2 Å². The van der Waals surface area contributed by atoms with Crippen molar-refractivity contribution in [1.29, 1.82) is 5.26 Å². The van der Waals surface area contributed by atoms with Gasteiger partial charge in [-0.25, -0.2) is 8.42 Å². The zero-order valence-corrected chi connectivity index (χ0v) is 10.7. The molecule has 0 heterocycles. The number of hydrogen-bond acceptors (Lipinski definition) is 4. The smallest absolute Gasteiger partial charge is 0.314 e. The van der Waals surface area contributed by atoms with E-state index < -0.39 is 21.2 Å². The first-order valence-electron chi connectivity index (χ1n) is 5.57. The van der Waals surface area contributed by atoms with Crippen LogP contribution in [-0.2, 0) is 20.0 Å². The van der Waals surface area contributed by atoms with Crippen LogP contribution in [0.5, 0.6) is 0 Å². The third kappa shape index (κ3) is 2.37. The lowest BCUT2D eigenvalue weighted by Crippen LogP contribution is -2.19. The number of nitrogens with zero attached hydrogens (tertiary/aromatic N) is 1. The molecule has 0 aliphatic heterocycles.